The van der Waals surface area contributed by atoms with Gasteiger partial charge in [0.1, 0.15) is 0 Å². The van der Waals surface area contributed by atoms with Gasteiger partial charge in [-0.2, -0.15) is 0 Å². The van der Waals surface area contributed by atoms with Gasteiger partial charge in [-0.1, -0.05) is 0 Å². The van der Waals surface area contributed by atoms with Crippen molar-refractivity contribution in [3.05, 3.63) is 0 Å². The Labute approximate surface area is 116 Å². The first-order valence-corrected chi connectivity index (χ1v) is 15.3. The number of carbonyl (C=O) groups excluding carboxylic acids is 1. The van der Waals surface area contributed by atoms with Gasteiger partial charge >= 0.3 is 117 Å². The molecule has 1 nitrogen and oxygen atoms in total. The van der Waals surface area contributed by atoms with Crippen molar-refractivity contribution in [3.63, 3.8) is 0 Å². The topological polar surface area (TPSA) is 17.1 Å². The Balaban J connectivity index is 1.52. The van der Waals surface area contributed by atoms with E-state index in [4.69, 9.17) is 0 Å². The molecule has 0 saturated carbocycles. The fraction of sp³-hybridized carbons (Fsp3) is 0.947. The average Bonchev–Trinajstić information content (AvgIpc) is 3.28. The molecule has 0 aliphatic carbocycles. The number of hydrogen-bond donors (Lipinski definition) is 0. The molecular formula is C19H26FeO. The van der Waals surface area contributed by atoms with Gasteiger partial charge in [-0.3, -0.25) is 0 Å². The van der Waals surface area contributed by atoms with Crippen LogP contribution in [0.1, 0.15) is 41.5 Å². The Kier molecular flexibility index (Phi) is 0.363. The van der Waals surface area contributed by atoms with E-state index in [1.807, 2.05) is 0 Å². The quantitative estimate of drug-likeness (QED) is 0.558. The fourth-order valence-electron chi connectivity index (χ4n) is 19.9. The summed E-state index contributed by atoms with van der Waals surface area (Å²) in [6, 6.07) is 0. The Morgan fingerprint density at radius 1 is 0.810 bits per heavy atom. The monoisotopic (exact) mass is 326 g/mol. The molecule has 10 aliphatic rings. The molecule has 2 heteroatoms. The molecule has 0 radical (unpaired) electrons. The van der Waals surface area contributed by atoms with Gasteiger partial charge in [0.15, 0.2) is 0 Å². The van der Waals surface area contributed by atoms with Crippen LogP contribution >= 0.6 is 0 Å². The van der Waals surface area contributed by atoms with Crippen LogP contribution < -0.4 is 0 Å². The first-order chi connectivity index (χ1) is 9.34. The number of ketones is 1. The van der Waals surface area contributed by atoms with Crippen LogP contribution in [0.3, 0.4) is 0 Å². The molecule has 0 amide bonds. The third-order valence-corrected chi connectivity index (χ3v) is 60.2. The van der Waals surface area contributed by atoms with Crippen LogP contribution in [-0.4, -0.2) is 5.78 Å². The molecule has 8 unspecified atom stereocenters. The van der Waals surface area contributed by atoms with Gasteiger partial charge < -0.3 is 0 Å². The second-order valence-electron chi connectivity index (χ2n) is 14.6. The number of fused-ring (bicyclic) bond motifs is 10. The Bertz CT molecular complexity index is 1170. The second kappa shape index (κ2) is 0.804. The Morgan fingerprint density at radius 3 is 1.48 bits per heavy atom. The second-order valence-corrected chi connectivity index (χ2v) is 37.8. The molecule has 10 heterocycles. The van der Waals surface area contributed by atoms with Gasteiger partial charge in [0, 0.05) is 0 Å². The number of carbonyl (C=O) groups is 1. The van der Waals surface area contributed by atoms with Crippen LogP contribution in [0.4, 0.5) is 0 Å². The zero-order valence-corrected chi connectivity index (χ0v) is 15.0. The predicted molar refractivity (Wildman–Crippen MR) is 79.3 cm³/mol. The standard InChI is InChI=1S/C10H13O.C9H13.Fe/c1-10(2,3)9(11)8-6-4-5-7-8;1-9(2,3)8-6-4-5-7-8;/h4-7H,1-3H3;4-7H,1-3H3;. The summed E-state index contributed by atoms with van der Waals surface area (Å²) >= 11 is 0. The molecule has 10 rings (SSSR count). The molecule has 10 fully saturated rings. The molecule has 1 spiro atoms. The van der Waals surface area contributed by atoms with Crippen molar-refractivity contribution < 1.29 is 11.3 Å². The molecular weight excluding hydrogens is 300 g/mol. The van der Waals surface area contributed by atoms with E-state index in [0.717, 1.165) is 19.7 Å². The number of hydrogen-bond acceptors (Lipinski definition) is 1. The molecule has 10 saturated heterocycles. The summed E-state index contributed by atoms with van der Waals surface area (Å²) in [5.74, 6) is 0.796. The van der Waals surface area contributed by atoms with Crippen molar-refractivity contribution in [2.24, 2.45) is 10.8 Å². The van der Waals surface area contributed by atoms with Gasteiger partial charge in [-0.15, -0.1) is 0 Å². The molecule has 21 heavy (non-hydrogen) atoms. The van der Waals surface area contributed by atoms with E-state index in [2.05, 4.69) is 41.5 Å². The summed E-state index contributed by atoms with van der Waals surface area (Å²) in [6.45, 7) is 10.9. The summed E-state index contributed by atoms with van der Waals surface area (Å²) < 4.78 is 1.24. The number of Topliss-reactive ketones (excluding diaryl/α,β-unsaturated/α-hetero) is 1. The summed E-state index contributed by atoms with van der Waals surface area (Å²) in [7, 11) is 0. The van der Waals surface area contributed by atoms with Gasteiger partial charge in [-0.25, -0.2) is 0 Å². The molecule has 0 N–H and O–H groups in total. The van der Waals surface area contributed by atoms with E-state index in [9.17, 15) is 4.79 Å². The van der Waals surface area contributed by atoms with Crippen LogP contribution in [0.2, 0.25) is 47.2 Å². The van der Waals surface area contributed by atoms with Crippen molar-refractivity contribution in [2.75, 3.05) is 0 Å². The van der Waals surface area contributed by atoms with Gasteiger partial charge in [-0.05, 0) is 0 Å². The molecule has 0 aromatic heterocycles. The number of rotatable bonds is 1. The van der Waals surface area contributed by atoms with Crippen molar-refractivity contribution in [2.45, 2.75) is 88.7 Å². The molecule has 0 aromatic carbocycles. The maximum absolute atomic E-state index is 13.7. The van der Waals surface area contributed by atoms with E-state index in [1.54, 1.807) is 0 Å². The van der Waals surface area contributed by atoms with Gasteiger partial charge in [0.25, 0.3) is 0 Å². The molecule has 10 aliphatic heterocycles. The zero-order valence-electron chi connectivity index (χ0n) is 13.9. The van der Waals surface area contributed by atoms with Crippen LogP contribution in [0.25, 0.3) is 0 Å². The molecule has 0 bridgehead atoms. The minimum atomic E-state index is -3.50. The molecule has 116 valence electrons. The zero-order chi connectivity index (χ0) is 14.5. The average molecular weight is 326 g/mol. The van der Waals surface area contributed by atoms with Crippen LogP contribution in [0, 0.1) is 10.8 Å². The van der Waals surface area contributed by atoms with E-state index >= 15 is 0 Å². The summed E-state index contributed by atoms with van der Waals surface area (Å²) in [5.41, 5.74) is 0.448. The van der Waals surface area contributed by atoms with Gasteiger partial charge in [0.2, 0.25) is 0 Å². The van der Waals surface area contributed by atoms with E-state index in [1.165, 1.54) is 28.9 Å². The van der Waals surface area contributed by atoms with Crippen molar-refractivity contribution in [3.8, 4) is 0 Å². The van der Waals surface area contributed by atoms with E-state index < -0.39 is 6.51 Å². The van der Waals surface area contributed by atoms with Crippen molar-refractivity contribution in [1.29, 1.82) is 0 Å². The van der Waals surface area contributed by atoms with Crippen LogP contribution in [0.5, 0.6) is 0 Å². The van der Waals surface area contributed by atoms with Crippen LogP contribution in [0.15, 0.2) is 0 Å². The first-order valence-electron chi connectivity index (χ1n) is 9.10. The van der Waals surface area contributed by atoms with Crippen molar-refractivity contribution >= 4 is 5.78 Å². The Morgan fingerprint density at radius 2 is 1.24 bits per heavy atom. The van der Waals surface area contributed by atoms with E-state index in [-0.39, 0.29) is 5.41 Å². The minimum absolute atomic E-state index is 0.0725. The van der Waals surface area contributed by atoms with Crippen LogP contribution in [-0.2, 0) is 11.3 Å². The van der Waals surface area contributed by atoms with E-state index in [0.29, 0.717) is 9.73 Å². The SMILES string of the molecule is CC(C)(C)C(=O)[C]12[CH]3[CH]4[CH]5[CH]1[Fe]45321678[CH]2[CH]1[CH]6[C]7(C(C)(C)C)[CH]28. The first kappa shape index (κ1) is 9.48. The summed E-state index contributed by atoms with van der Waals surface area (Å²) in [6.07, 6.45) is 0. The third kappa shape index (κ3) is 0.109. The summed E-state index contributed by atoms with van der Waals surface area (Å²) in [4.78, 5) is 23.2. The normalized spacial score (nSPS) is 104. The summed E-state index contributed by atoms with van der Waals surface area (Å²) in [5, 5.41) is 0. The molecule has 0 aromatic rings. The maximum atomic E-state index is 13.7. The van der Waals surface area contributed by atoms with Gasteiger partial charge in [0.05, 0.1) is 0 Å². The fourth-order valence-corrected chi connectivity index (χ4v) is 99.0. The van der Waals surface area contributed by atoms with Crippen molar-refractivity contribution in [1.82, 2.24) is 0 Å². The third-order valence-electron chi connectivity index (χ3n) is 17.0. The Hall–Kier alpha value is 0.189. The predicted octanol–water partition coefficient (Wildman–Crippen LogP) is 5.78. The molecule has 8 atom stereocenters.